The molecule has 8 nitrogen and oxygen atoms in total. The van der Waals surface area contributed by atoms with Gasteiger partial charge in [0.05, 0.1) is 12.9 Å². The highest BCUT2D eigenvalue weighted by Gasteiger charge is 2.57. The Morgan fingerprint density at radius 1 is 1.50 bits per heavy atom. The lowest BCUT2D eigenvalue weighted by atomic mass is 10.1. The van der Waals surface area contributed by atoms with E-state index in [1.54, 1.807) is 0 Å². The van der Waals surface area contributed by atoms with Crippen molar-refractivity contribution < 1.29 is 19.3 Å². The Kier molecular flexibility index (Phi) is 3.01. The van der Waals surface area contributed by atoms with Crippen molar-refractivity contribution >= 4 is 28.6 Å². The number of anilines is 1. The number of hydrogen-bond acceptors (Lipinski definition) is 7. The lowest BCUT2D eigenvalue weighted by Gasteiger charge is -2.22. The van der Waals surface area contributed by atoms with Crippen molar-refractivity contribution in [3.63, 3.8) is 0 Å². The summed E-state index contributed by atoms with van der Waals surface area (Å²) < 4.78 is 20.9. The van der Waals surface area contributed by atoms with Crippen molar-refractivity contribution in [1.29, 1.82) is 0 Å². The maximum Gasteiger partial charge on any atom is 0.256 e. The molecule has 1 aliphatic rings. The van der Waals surface area contributed by atoms with Crippen LogP contribution in [0.5, 0.6) is 0 Å². The fourth-order valence-electron chi connectivity index (χ4n) is 2.16. The summed E-state index contributed by atoms with van der Waals surface area (Å²) in [6, 6.07) is 0. The molecule has 1 saturated heterocycles. The van der Waals surface area contributed by atoms with Crippen LogP contribution in [0.2, 0.25) is 0 Å². The first kappa shape index (κ1) is 13.4. The van der Waals surface area contributed by atoms with Crippen LogP contribution in [0.15, 0.2) is 12.7 Å². The summed E-state index contributed by atoms with van der Waals surface area (Å²) >= 11 is 5.71. The largest absolute Gasteiger partial charge is 0.394 e. The smallest absolute Gasteiger partial charge is 0.256 e. The van der Waals surface area contributed by atoms with Crippen LogP contribution < -0.4 is 5.73 Å². The number of aliphatic hydroxyl groups excluding tert-OH is 2. The fourth-order valence-corrected chi connectivity index (χ4v) is 2.46. The molecule has 1 aliphatic heterocycles. The van der Waals surface area contributed by atoms with Crippen molar-refractivity contribution in [2.45, 2.75) is 23.6 Å². The maximum absolute atomic E-state index is 14.5. The zero-order chi connectivity index (χ0) is 14.5. The number of aliphatic hydroxyl groups is 2. The SMILES string of the molecule is Nc1ncnc2c1ncn2[C@@H]1O[C@H](CO)C(O)[C@]1(F)Cl. The van der Waals surface area contributed by atoms with Crippen molar-refractivity contribution in [1.82, 2.24) is 19.5 Å². The highest BCUT2D eigenvalue weighted by atomic mass is 35.5. The van der Waals surface area contributed by atoms with E-state index in [2.05, 4.69) is 15.0 Å². The second kappa shape index (κ2) is 4.48. The molecule has 4 N–H and O–H groups in total. The van der Waals surface area contributed by atoms with Gasteiger partial charge < -0.3 is 20.7 Å². The van der Waals surface area contributed by atoms with Crippen molar-refractivity contribution in [2.24, 2.45) is 0 Å². The summed E-state index contributed by atoms with van der Waals surface area (Å²) in [5.74, 6) is 0.130. The minimum atomic E-state index is -2.62. The van der Waals surface area contributed by atoms with Gasteiger partial charge in [-0.2, -0.15) is 0 Å². The van der Waals surface area contributed by atoms with E-state index in [9.17, 15) is 9.50 Å². The number of fused-ring (bicyclic) bond motifs is 1. The van der Waals surface area contributed by atoms with Crippen molar-refractivity contribution in [3.05, 3.63) is 12.7 Å². The van der Waals surface area contributed by atoms with Gasteiger partial charge in [0.25, 0.3) is 5.13 Å². The van der Waals surface area contributed by atoms with Gasteiger partial charge in [0.15, 0.2) is 17.7 Å². The fraction of sp³-hybridized carbons (Fsp3) is 0.500. The number of halogens is 2. The number of nitrogens with zero attached hydrogens (tertiary/aromatic N) is 4. The first-order chi connectivity index (χ1) is 9.46. The number of nitrogens with two attached hydrogens (primary N) is 1. The van der Waals surface area contributed by atoms with Crippen LogP contribution in [0.25, 0.3) is 11.2 Å². The van der Waals surface area contributed by atoms with Crippen LogP contribution in [0, 0.1) is 0 Å². The topological polar surface area (TPSA) is 119 Å². The molecule has 2 aromatic heterocycles. The number of aromatic nitrogens is 4. The summed E-state index contributed by atoms with van der Waals surface area (Å²) in [6.07, 6.45) is -1.78. The second-order valence-electron chi connectivity index (χ2n) is 4.41. The molecule has 10 heteroatoms. The molecule has 1 fully saturated rings. The van der Waals surface area contributed by atoms with E-state index in [1.165, 1.54) is 17.2 Å². The van der Waals surface area contributed by atoms with Crippen molar-refractivity contribution in [3.8, 4) is 0 Å². The van der Waals surface area contributed by atoms with Gasteiger partial charge >= 0.3 is 0 Å². The maximum atomic E-state index is 14.5. The molecule has 108 valence electrons. The lowest BCUT2D eigenvalue weighted by Crippen LogP contribution is -2.38. The number of imidazole rings is 1. The molecule has 2 aromatic rings. The monoisotopic (exact) mass is 303 g/mol. The van der Waals surface area contributed by atoms with Gasteiger partial charge in [0.2, 0.25) is 0 Å². The molecule has 0 bridgehead atoms. The Balaban J connectivity index is 2.10. The normalized spacial score (nSPS) is 33.9. The van der Waals surface area contributed by atoms with Gasteiger partial charge in [0, 0.05) is 0 Å². The third-order valence-electron chi connectivity index (χ3n) is 3.20. The predicted molar refractivity (Wildman–Crippen MR) is 66.4 cm³/mol. The van der Waals surface area contributed by atoms with Gasteiger partial charge in [-0.05, 0) is 0 Å². The molecule has 3 heterocycles. The second-order valence-corrected chi connectivity index (χ2v) is 4.99. The van der Waals surface area contributed by atoms with E-state index in [0.29, 0.717) is 0 Å². The summed E-state index contributed by atoms with van der Waals surface area (Å²) in [5.41, 5.74) is 6.12. The molecule has 0 amide bonds. The van der Waals surface area contributed by atoms with E-state index < -0.39 is 30.2 Å². The molecule has 0 aliphatic carbocycles. The van der Waals surface area contributed by atoms with Gasteiger partial charge in [-0.3, -0.25) is 4.57 Å². The minimum Gasteiger partial charge on any atom is -0.394 e. The third kappa shape index (κ3) is 1.74. The Hall–Kier alpha value is -1.55. The van der Waals surface area contributed by atoms with Crippen LogP contribution in [-0.2, 0) is 4.74 Å². The predicted octanol–water partition coefficient (Wildman–Crippen LogP) is -0.436. The van der Waals surface area contributed by atoms with Crippen LogP contribution in [0.1, 0.15) is 6.23 Å². The van der Waals surface area contributed by atoms with Crippen LogP contribution in [0.4, 0.5) is 10.2 Å². The highest BCUT2D eigenvalue weighted by molar-refractivity contribution is 6.23. The minimum absolute atomic E-state index is 0.130. The molecular weight excluding hydrogens is 293 g/mol. The zero-order valence-corrected chi connectivity index (χ0v) is 10.8. The standard InChI is InChI=1S/C10H11ClFN5O3/c11-10(12)6(19)4(1-18)20-9(10)17-3-16-5-7(13)14-2-15-8(5)17/h2-4,6,9,18-19H,1H2,(H2,13,14,15)/t4-,6?,9-,10-/m1/s1. The number of hydrogen-bond donors (Lipinski definition) is 3. The summed E-state index contributed by atoms with van der Waals surface area (Å²) in [6.45, 7) is -0.570. The Morgan fingerprint density at radius 2 is 2.25 bits per heavy atom. The molecule has 3 rings (SSSR count). The quantitative estimate of drug-likeness (QED) is 0.644. The third-order valence-corrected chi connectivity index (χ3v) is 3.61. The van der Waals surface area contributed by atoms with E-state index in [4.69, 9.17) is 27.2 Å². The molecular formula is C10H11ClFN5O3. The molecule has 0 aromatic carbocycles. The van der Waals surface area contributed by atoms with E-state index >= 15 is 0 Å². The van der Waals surface area contributed by atoms with Crippen molar-refractivity contribution in [2.75, 3.05) is 12.3 Å². The Bertz CT molecular complexity index is 651. The van der Waals surface area contributed by atoms with Gasteiger partial charge in [-0.15, -0.1) is 0 Å². The van der Waals surface area contributed by atoms with Crippen LogP contribution in [-0.4, -0.2) is 53.7 Å². The summed E-state index contributed by atoms with van der Waals surface area (Å²) in [7, 11) is 0. The number of ether oxygens (including phenoxy) is 1. The summed E-state index contributed by atoms with van der Waals surface area (Å²) in [4.78, 5) is 11.7. The molecule has 0 saturated carbocycles. The molecule has 0 spiro atoms. The van der Waals surface area contributed by atoms with E-state index in [1.807, 2.05) is 0 Å². The van der Waals surface area contributed by atoms with Gasteiger partial charge in [0.1, 0.15) is 24.1 Å². The number of nitrogen functional groups attached to an aromatic ring is 1. The average molecular weight is 304 g/mol. The van der Waals surface area contributed by atoms with Gasteiger partial charge in [-0.25, -0.2) is 19.3 Å². The molecule has 20 heavy (non-hydrogen) atoms. The average Bonchev–Trinajstić information content (AvgIpc) is 2.92. The van der Waals surface area contributed by atoms with Gasteiger partial charge in [-0.1, -0.05) is 11.6 Å². The van der Waals surface area contributed by atoms with E-state index in [-0.39, 0.29) is 17.0 Å². The molecule has 1 unspecified atom stereocenters. The first-order valence-electron chi connectivity index (χ1n) is 5.72. The van der Waals surface area contributed by atoms with Crippen LogP contribution in [0.3, 0.4) is 0 Å². The van der Waals surface area contributed by atoms with E-state index in [0.717, 1.165) is 0 Å². The zero-order valence-electron chi connectivity index (χ0n) is 10.0. The number of rotatable bonds is 2. The first-order valence-corrected chi connectivity index (χ1v) is 6.09. The molecule has 0 radical (unpaired) electrons. The Morgan fingerprint density at radius 3 is 2.90 bits per heavy atom. The molecule has 4 atom stereocenters. The lowest BCUT2D eigenvalue weighted by molar-refractivity contribution is -0.0482. The Labute approximate surface area is 117 Å². The number of alkyl halides is 2. The summed E-state index contributed by atoms with van der Waals surface area (Å²) in [5, 5.41) is 16.2. The highest BCUT2D eigenvalue weighted by Crippen LogP contribution is 2.45. The van der Waals surface area contributed by atoms with Crippen LogP contribution >= 0.6 is 11.6 Å².